The molecule has 98 valence electrons. The molecule has 2 atom stereocenters. The van der Waals surface area contributed by atoms with E-state index in [4.69, 9.17) is 9.84 Å². The fourth-order valence-corrected chi connectivity index (χ4v) is 1.77. The number of hydrogen-bond donors (Lipinski definition) is 1. The molecule has 1 aliphatic rings. The van der Waals surface area contributed by atoms with Gasteiger partial charge in [-0.3, -0.25) is 9.59 Å². The van der Waals surface area contributed by atoms with Crippen molar-refractivity contribution in [1.82, 2.24) is 4.90 Å². The number of carboxylic acid groups (broad SMARTS) is 1. The van der Waals surface area contributed by atoms with Crippen LogP contribution in [0.15, 0.2) is 0 Å². The first kappa shape index (κ1) is 14.0. The molecule has 2 unspecified atom stereocenters. The summed E-state index contributed by atoms with van der Waals surface area (Å²) in [7, 11) is 0. The number of likely N-dealkylation sites (tertiary alicyclic amines) is 1. The van der Waals surface area contributed by atoms with Crippen LogP contribution < -0.4 is 0 Å². The standard InChI is InChI=1S/C12H21NO4/c1-8(2)7-17-10-4-5-13(6-10)11(14)9(3)12(15)16/h8-10H,4-7H2,1-3H3,(H,15,16). The smallest absolute Gasteiger partial charge is 0.315 e. The van der Waals surface area contributed by atoms with Crippen molar-refractivity contribution < 1.29 is 19.4 Å². The Bertz CT molecular complexity index is 290. The molecule has 0 aliphatic carbocycles. The van der Waals surface area contributed by atoms with Crippen molar-refractivity contribution in [3.63, 3.8) is 0 Å². The molecule has 0 bridgehead atoms. The van der Waals surface area contributed by atoms with E-state index in [0.717, 1.165) is 6.42 Å². The van der Waals surface area contributed by atoms with Crippen molar-refractivity contribution in [3.05, 3.63) is 0 Å². The third kappa shape index (κ3) is 4.00. The second kappa shape index (κ2) is 6.00. The van der Waals surface area contributed by atoms with Gasteiger partial charge in [-0.05, 0) is 19.3 Å². The van der Waals surface area contributed by atoms with Crippen molar-refractivity contribution in [2.45, 2.75) is 33.3 Å². The number of hydrogen-bond acceptors (Lipinski definition) is 3. The van der Waals surface area contributed by atoms with Crippen molar-refractivity contribution in [3.8, 4) is 0 Å². The Balaban J connectivity index is 2.39. The summed E-state index contributed by atoms with van der Waals surface area (Å²) in [6, 6.07) is 0. The topological polar surface area (TPSA) is 66.8 Å². The van der Waals surface area contributed by atoms with Gasteiger partial charge in [0, 0.05) is 19.7 Å². The molecule has 1 aliphatic heterocycles. The molecule has 0 aromatic carbocycles. The third-order valence-electron chi connectivity index (χ3n) is 2.86. The van der Waals surface area contributed by atoms with Crippen LogP contribution in [0.5, 0.6) is 0 Å². The maximum absolute atomic E-state index is 11.8. The molecule has 0 spiro atoms. The Morgan fingerprint density at radius 3 is 2.59 bits per heavy atom. The van der Waals surface area contributed by atoms with Crippen LogP contribution in [0.1, 0.15) is 27.2 Å². The Labute approximate surface area is 102 Å². The summed E-state index contributed by atoms with van der Waals surface area (Å²) in [6.45, 7) is 7.37. The third-order valence-corrected chi connectivity index (χ3v) is 2.86. The SMILES string of the molecule is CC(C)COC1CCN(C(=O)C(C)C(=O)O)C1. The lowest BCUT2D eigenvalue weighted by Crippen LogP contribution is -2.37. The molecule has 1 N–H and O–H groups in total. The van der Waals surface area contributed by atoms with E-state index in [1.807, 2.05) is 0 Å². The van der Waals surface area contributed by atoms with Gasteiger partial charge < -0.3 is 14.7 Å². The number of aliphatic carboxylic acids is 1. The fraction of sp³-hybridized carbons (Fsp3) is 0.833. The second-order valence-electron chi connectivity index (χ2n) is 4.98. The van der Waals surface area contributed by atoms with Crippen LogP contribution in [-0.4, -0.2) is 47.7 Å². The van der Waals surface area contributed by atoms with E-state index < -0.39 is 11.9 Å². The highest BCUT2D eigenvalue weighted by atomic mass is 16.5. The lowest BCUT2D eigenvalue weighted by Gasteiger charge is -2.19. The first-order chi connectivity index (χ1) is 7.91. The molecule has 1 heterocycles. The maximum Gasteiger partial charge on any atom is 0.315 e. The zero-order chi connectivity index (χ0) is 13.0. The number of carboxylic acids is 1. The molecule has 1 fully saturated rings. The summed E-state index contributed by atoms with van der Waals surface area (Å²) < 4.78 is 5.64. The minimum absolute atomic E-state index is 0.0577. The van der Waals surface area contributed by atoms with Crippen LogP contribution in [0.3, 0.4) is 0 Å². The number of nitrogens with zero attached hydrogens (tertiary/aromatic N) is 1. The van der Waals surface area contributed by atoms with Gasteiger partial charge in [-0.25, -0.2) is 0 Å². The Hall–Kier alpha value is -1.10. The molecule has 5 nitrogen and oxygen atoms in total. The van der Waals surface area contributed by atoms with E-state index in [9.17, 15) is 9.59 Å². The van der Waals surface area contributed by atoms with E-state index in [1.54, 1.807) is 4.90 Å². The summed E-state index contributed by atoms with van der Waals surface area (Å²) >= 11 is 0. The molecule has 1 saturated heterocycles. The number of carbonyl (C=O) groups is 2. The van der Waals surface area contributed by atoms with Crippen molar-refractivity contribution >= 4 is 11.9 Å². The van der Waals surface area contributed by atoms with E-state index >= 15 is 0 Å². The molecule has 0 aromatic rings. The highest BCUT2D eigenvalue weighted by Crippen LogP contribution is 2.16. The van der Waals surface area contributed by atoms with Gasteiger partial charge in [-0.1, -0.05) is 13.8 Å². The first-order valence-corrected chi connectivity index (χ1v) is 6.05. The van der Waals surface area contributed by atoms with Gasteiger partial charge >= 0.3 is 5.97 Å². The van der Waals surface area contributed by atoms with Crippen molar-refractivity contribution in [2.24, 2.45) is 11.8 Å². The number of ether oxygens (including phenoxy) is 1. The zero-order valence-electron chi connectivity index (χ0n) is 10.7. The molecule has 1 rings (SSSR count). The molecule has 0 saturated carbocycles. The van der Waals surface area contributed by atoms with Crippen molar-refractivity contribution in [2.75, 3.05) is 19.7 Å². The molecule has 0 aromatic heterocycles. The van der Waals surface area contributed by atoms with E-state index in [0.29, 0.717) is 25.6 Å². The molecular weight excluding hydrogens is 222 g/mol. The van der Waals surface area contributed by atoms with Gasteiger partial charge in [0.25, 0.3) is 0 Å². The van der Waals surface area contributed by atoms with Gasteiger partial charge in [0.2, 0.25) is 5.91 Å². The normalized spacial score (nSPS) is 21.9. The summed E-state index contributed by atoms with van der Waals surface area (Å²) in [5.74, 6) is -1.87. The van der Waals surface area contributed by atoms with Gasteiger partial charge in [0.05, 0.1) is 6.10 Å². The second-order valence-corrected chi connectivity index (χ2v) is 4.98. The monoisotopic (exact) mass is 243 g/mol. The van der Waals surface area contributed by atoms with Crippen molar-refractivity contribution in [1.29, 1.82) is 0 Å². The summed E-state index contributed by atoms with van der Waals surface area (Å²) in [4.78, 5) is 24.1. The summed E-state index contributed by atoms with van der Waals surface area (Å²) in [6.07, 6.45) is 0.854. The Morgan fingerprint density at radius 2 is 2.06 bits per heavy atom. The molecule has 1 amide bonds. The Morgan fingerprint density at radius 1 is 1.41 bits per heavy atom. The van der Waals surface area contributed by atoms with E-state index in [1.165, 1.54) is 6.92 Å². The number of carbonyl (C=O) groups excluding carboxylic acids is 1. The van der Waals surface area contributed by atoms with E-state index in [2.05, 4.69) is 13.8 Å². The van der Waals surface area contributed by atoms with Crippen LogP contribution in [-0.2, 0) is 14.3 Å². The lowest BCUT2D eigenvalue weighted by molar-refractivity contribution is -0.150. The van der Waals surface area contributed by atoms with Crippen LogP contribution in [0.25, 0.3) is 0 Å². The average Bonchev–Trinajstić information content (AvgIpc) is 2.72. The van der Waals surface area contributed by atoms with Gasteiger partial charge in [0.15, 0.2) is 0 Å². The largest absolute Gasteiger partial charge is 0.481 e. The predicted molar refractivity (Wildman–Crippen MR) is 62.6 cm³/mol. The fourth-order valence-electron chi connectivity index (χ4n) is 1.77. The quantitative estimate of drug-likeness (QED) is 0.731. The lowest BCUT2D eigenvalue weighted by atomic mass is 10.1. The van der Waals surface area contributed by atoms with Crippen LogP contribution in [0.2, 0.25) is 0 Å². The highest BCUT2D eigenvalue weighted by molar-refractivity contribution is 5.96. The molecule has 17 heavy (non-hydrogen) atoms. The first-order valence-electron chi connectivity index (χ1n) is 6.05. The van der Waals surface area contributed by atoms with Gasteiger partial charge in [-0.15, -0.1) is 0 Å². The minimum atomic E-state index is -1.07. The number of rotatable bonds is 5. The zero-order valence-corrected chi connectivity index (χ0v) is 10.7. The minimum Gasteiger partial charge on any atom is -0.481 e. The average molecular weight is 243 g/mol. The maximum atomic E-state index is 11.8. The summed E-state index contributed by atoms with van der Waals surface area (Å²) in [5, 5.41) is 8.78. The van der Waals surface area contributed by atoms with Crippen LogP contribution in [0, 0.1) is 11.8 Å². The molecule has 5 heteroatoms. The molecule has 0 radical (unpaired) electrons. The highest BCUT2D eigenvalue weighted by Gasteiger charge is 2.32. The van der Waals surface area contributed by atoms with Crippen LogP contribution in [0.4, 0.5) is 0 Å². The number of amides is 1. The van der Waals surface area contributed by atoms with E-state index in [-0.39, 0.29) is 12.0 Å². The summed E-state index contributed by atoms with van der Waals surface area (Å²) in [5.41, 5.74) is 0. The predicted octanol–water partition coefficient (Wildman–Crippen LogP) is 0.981. The van der Waals surface area contributed by atoms with Gasteiger partial charge in [-0.2, -0.15) is 0 Å². The van der Waals surface area contributed by atoms with Gasteiger partial charge in [0.1, 0.15) is 5.92 Å². The molecular formula is C12H21NO4. The Kier molecular flexibility index (Phi) is 4.93. The van der Waals surface area contributed by atoms with Crippen LogP contribution >= 0.6 is 0 Å².